The summed E-state index contributed by atoms with van der Waals surface area (Å²) >= 11 is 0. The van der Waals surface area contributed by atoms with Gasteiger partial charge in [-0.05, 0) is 38.5 Å². The summed E-state index contributed by atoms with van der Waals surface area (Å²) in [6.45, 7) is 4.86. The van der Waals surface area contributed by atoms with Crippen LogP contribution in [0.25, 0.3) is 0 Å². The number of nitrogens with zero attached hydrogens (tertiary/aromatic N) is 1. The number of unbranched alkanes of at least 4 members (excludes halogenated alkanes) is 25. The molecule has 0 radical (unpaired) electrons. The molecule has 0 aromatic rings. The summed E-state index contributed by atoms with van der Waals surface area (Å²) in [6.07, 6.45) is 43.4. The average molecular weight is 786 g/mol. The van der Waals surface area contributed by atoms with E-state index in [2.05, 4.69) is 43.5 Å². The molecule has 0 rings (SSSR count). The number of hydrogen-bond donors (Lipinski definition) is 3. The lowest BCUT2D eigenvalue weighted by Crippen LogP contribution is -2.46. The van der Waals surface area contributed by atoms with E-state index in [0.29, 0.717) is 23.9 Å². The Morgan fingerprint density at radius 1 is 0.630 bits per heavy atom. The van der Waals surface area contributed by atoms with Crippen molar-refractivity contribution in [2.24, 2.45) is 0 Å². The number of quaternary nitrogens is 1. The second-order valence-corrected chi connectivity index (χ2v) is 18.3. The number of nitrogens with one attached hydrogen (secondary N) is 1. The molecule has 8 nitrogen and oxygen atoms in total. The molecule has 0 saturated heterocycles. The molecule has 0 fully saturated rings. The molecule has 0 aromatic heterocycles. The van der Waals surface area contributed by atoms with Gasteiger partial charge >= 0.3 is 7.82 Å². The Labute approximate surface area is 334 Å². The van der Waals surface area contributed by atoms with Gasteiger partial charge in [0.1, 0.15) is 13.2 Å². The monoisotopic (exact) mass is 786 g/mol. The van der Waals surface area contributed by atoms with Gasteiger partial charge in [-0.2, -0.15) is 0 Å². The zero-order valence-corrected chi connectivity index (χ0v) is 37.1. The molecular weight excluding hydrogens is 695 g/mol. The van der Waals surface area contributed by atoms with Crippen molar-refractivity contribution in [1.82, 2.24) is 5.32 Å². The fourth-order valence-corrected chi connectivity index (χ4v) is 7.30. The van der Waals surface area contributed by atoms with E-state index < -0.39 is 20.0 Å². The molecule has 0 bridgehead atoms. The van der Waals surface area contributed by atoms with Crippen molar-refractivity contribution < 1.29 is 32.9 Å². The molecule has 0 aliphatic carbocycles. The van der Waals surface area contributed by atoms with Gasteiger partial charge in [-0.25, -0.2) is 4.57 Å². The normalized spacial score (nSPS) is 14.6. The van der Waals surface area contributed by atoms with Gasteiger partial charge in [-0.3, -0.25) is 13.8 Å². The summed E-state index contributed by atoms with van der Waals surface area (Å²) in [5.41, 5.74) is 0. The average Bonchev–Trinajstić information content (AvgIpc) is 3.12. The molecule has 0 saturated carbocycles. The van der Waals surface area contributed by atoms with Gasteiger partial charge in [0.25, 0.3) is 0 Å². The molecule has 0 aromatic carbocycles. The number of hydrogen-bond acceptors (Lipinski definition) is 5. The summed E-state index contributed by atoms with van der Waals surface area (Å²) in [5, 5.41) is 13.9. The number of aliphatic hydroxyl groups excluding tert-OH is 1. The van der Waals surface area contributed by atoms with Crippen LogP contribution in [0.15, 0.2) is 24.3 Å². The van der Waals surface area contributed by atoms with E-state index in [1.165, 1.54) is 141 Å². The first-order valence-corrected chi connectivity index (χ1v) is 24.2. The molecule has 0 heterocycles. The number of allylic oxidation sites excluding steroid dienone is 4. The van der Waals surface area contributed by atoms with E-state index >= 15 is 0 Å². The maximum absolute atomic E-state index is 12.9. The van der Waals surface area contributed by atoms with E-state index in [4.69, 9.17) is 9.05 Å². The quantitative estimate of drug-likeness (QED) is 0.0247. The fourth-order valence-electron chi connectivity index (χ4n) is 6.57. The zero-order valence-electron chi connectivity index (χ0n) is 36.2. The maximum Gasteiger partial charge on any atom is 0.472 e. The van der Waals surface area contributed by atoms with Gasteiger partial charge in [0.2, 0.25) is 5.91 Å². The van der Waals surface area contributed by atoms with Crippen LogP contribution in [0.3, 0.4) is 0 Å². The highest BCUT2D eigenvalue weighted by atomic mass is 31.2. The number of phosphoric acid groups is 1. The van der Waals surface area contributed by atoms with Crippen molar-refractivity contribution in [3.05, 3.63) is 24.3 Å². The van der Waals surface area contributed by atoms with Crippen LogP contribution in [-0.4, -0.2) is 73.4 Å². The Hall–Kier alpha value is -1.02. The predicted molar refractivity (Wildman–Crippen MR) is 231 cm³/mol. The van der Waals surface area contributed by atoms with Crippen LogP contribution in [0.4, 0.5) is 0 Å². The summed E-state index contributed by atoms with van der Waals surface area (Å²) in [7, 11) is 1.61. The molecule has 0 spiro atoms. The van der Waals surface area contributed by atoms with Crippen LogP contribution < -0.4 is 5.32 Å². The largest absolute Gasteiger partial charge is 0.472 e. The van der Waals surface area contributed by atoms with E-state index in [9.17, 15) is 19.4 Å². The molecule has 0 aliphatic heterocycles. The van der Waals surface area contributed by atoms with Crippen LogP contribution in [-0.2, 0) is 18.4 Å². The Kier molecular flexibility index (Phi) is 36.8. The molecule has 1 amide bonds. The summed E-state index contributed by atoms with van der Waals surface area (Å²) in [6, 6.07) is -0.759. The zero-order chi connectivity index (χ0) is 40.0. The number of amides is 1. The standard InChI is InChI=1S/C45H89N2O6P/c1-6-8-10-12-14-16-18-20-21-22-23-24-25-27-29-31-33-35-37-39-45(49)46-43(42-53-54(50,51)52-41-40-47(3,4)5)44(48)38-36-34-32-30-28-26-19-17-15-13-11-9-7-2/h14,16,18,20,43-44,48H,6-13,15,17,19,21-42H2,1-5H3,(H-,46,49,50,51)/p+1/b16-14-,20-18-. The van der Waals surface area contributed by atoms with Gasteiger partial charge in [0, 0.05) is 6.42 Å². The SMILES string of the molecule is CCCCC/C=C\C=C/CCCCCCCCCCCCC(=O)NC(COP(=O)(O)OCC[N+](C)(C)C)C(O)CCCCCCCCCCCCCCC. The lowest BCUT2D eigenvalue weighted by Gasteiger charge is -2.26. The predicted octanol–water partition coefficient (Wildman–Crippen LogP) is 12.5. The van der Waals surface area contributed by atoms with Crippen molar-refractivity contribution in [3.8, 4) is 0 Å². The van der Waals surface area contributed by atoms with Crippen molar-refractivity contribution in [2.45, 2.75) is 219 Å². The molecular formula is C45H90N2O6P+. The van der Waals surface area contributed by atoms with Crippen LogP contribution >= 0.6 is 7.82 Å². The van der Waals surface area contributed by atoms with Crippen LogP contribution in [0.2, 0.25) is 0 Å². The minimum Gasteiger partial charge on any atom is -0.391 e. The van der Waals surface area contributed by atoms with Crippen LogP contribution in [0, 0.1) is 0 Å². The van der Waals surface area contributed by atoms with Gasteiger partial charge in [0.15, 0.2) is 0 Å². The third-order valence-corrected chi connectivity index (χ3v) is 11.2. The summed E-state index contributed by atoms with van der Waals surface area (Å²) in [5.74, 6) is -0.149. The number of rotatable bonds is 41. The number of aliphatic hydroxyl groups is 1. The van der Waals surface area contributed by atoms with E-state index in [1.807, 2.05) is 21.1 Å². The highest BCUT2D eigenvalue weighted by Gasteiger charge is 2.28. The maximum atomic E-state index is 12.9. The van der Waals surface area contributed by atoms with Gasteiger partial charge in [-0.1, -0.05) is 186 Å². The van der Waals surface area contributed by atoms with Crippen molar-refractivity contribution in [3.63, 3.8) is 0 Å². The molecule has 0 aliphatic rings. The van der Waals surface area contributed by atoms with E-state index in [1.54, 1.807) is 0 Å². The highest BCUT2D eigenvalue weighted by molar-refractivity contribution is 7.47. The minimum absolute atomic E-state index is 0.0746. The Morgan fingerprint density at radius 2 is 1.04 bits per heavy atom. The lowest BCUT2D eigenvalue weighted by atomic mass is 10.0. The van der Waals surface area contributed by atoms with Crippen molar-refractivity contribution in [2.75, 3.05) is 40.9 Å². The Balaban J connectivity index is 4.32. The number of likely N-dealkylation sites (N-methyl/N-ethyl adjacent to an activating group) is 1. The first kappa shape index (κ1) is 53.0. The van der Waals surface area contributed by atoms with E-state index in [0.717, 1.165) is 38.5 Å². The lowest BCUT2D eigenvalue weighted by molar-refractivity contribution is -0.870. The Bertz CT molecular complexity index is 938. The summed E-state index contributed by atoms with van der Waals surface area (Å²) in [4.78, 5) is 23.1. The second-order valence-electron chi connectivity index (χ2n) is 16.8. The van der Waals surface area contributed by atoms with Crippen LogP contribution in [0.1, 0.15) is 206 Å². The number of carbonyl (C=O) groups excluding carboxylic acids is 1. The molecule has 3 unspecified atom stereocenters. The summed E-state index contributed by atoms with van der Waals surface area (Å²) < 4.78 is 23.6. The fraction of sp³-hybridized carbons (Fsp3) is 0.889. The molecule has 3 atom stereocenters. The molecule has 9 heteroatoms. The van der Waals surface area contributed by atoms with E-state index in [-0.39, 0.29) is 19.1 Å². The molecule has 3 N–H and O–H groups in total. The minimum atomic E-state index is -4.31. The molecule has 54 heavy (non-hydrogen) atoms. The van der Waals surface area contributed by atoms with Gasteiger partial charge in [0.05, 0.1) is 39.9 Å². The number of carbonyl (C=O) groups is 1. The first-order valence-electron chi connectivity index (χ1n) is 22.7. The molecule has 320 valence electrons. The number of phosphoric ester groups is 1. The first-order chi connectivity index (χ1) is 26.0. The van der Waals surface area contributed by atoms with Crippen molar-refractivity contribution >= 4 is 13.7 Å². The second kappa shape index (κ2) is 37.6. The topological polar surface area (TPSA) is 105 Å². The Morgan fingerprint density at radius 3 is 1.52 bits per heavy atom. The van der Waals surface area contributed by atoms with Gasteiger partial charge < -0.3 is 19.8 Å². The van der Waals surface area contributed by atoms with Crippen molar-refractivity contribution in [1.29, 1.82) is 0 Å². The third kappa shape index (κ3) is 39.2. The van der Waals surface area contributed by atoms with Crippen LogP contribution in [0.5, 0.6) is 0 Å². The van der Waals surface area contributed by atoms with Gasteiger partial charge in [-0.15, -0.1) is 0 Å². The highest BCUT2D eigenvalue weighted by Crippen LogP contribution is 2.43. The third-order valence-electron chi connectivity index (χ3n) is 10.2. The smallest absolute Gasteiger partial charge is 0.391 e.